The molecule has 0 spiro atoms. The Kier molecular flexibility index (Phi) is 5.72. The maximum Gasteiger partial charge on any atom is 0.254 e. The number of carbonyl (C=O) groups is 2. The first-order valence-corrected chi connectivity index (χ1v) is 9.66. The van der Waals surface area contributed by atoms with Crippen LogP contribution in [0.4, 0.5) is 0 Å². The van der Waals surface area contributed by atoms with E-state index in [0.29, 0.717) is 11.1 Å². The van der Waals surface area contributed by atoms with Gasteiger partial charge in [0, 0.05) is 6.20 Å². The monoisotopic (exact) mass is 416 g/mol. The van der Waals surface area contributed by atoms with Gasteiger partial charge in [0.1, 0.15) is 11.2 Å². The minimum Gasteiger partial charge on any atom is -0.435 e. The van der Waals surface area contributed by atoms with E-state index in [0.717, 1.165) is 5.56 Å². The summed E-state index contributed by atoms with van der Waals surface area (Å²) in [4.78, 5) is 33.4. The van der Waals surface area contributed by atoms with Gasteiger partial charge in [0.05, 0.1) is 11.6 Å². The number of oxazole rings is 1. The molecule has 0 saturated heterocycles. The number of para-hydroxylation sites is 2. The number of hydrogen-bond acceptors (Lipinski definition) is 6. The van der Waals surface area contributed by atoms with Gasteiger partial charge in [-0.3, -0.25) is 14.6 Å². The van der Waals surface area contributed by atoms with Crippen molar-refractivity contribution in [2.75, 3.05) is 0 Å². The van der Waals surface area contributed by atoms with Crippen molar-refractivity contribution in [2.24, 2.45) is 5.73 Å². The fraction of sp³-hybridized carbons (Fsp3) is 0.130. The normalized spacial score (nSPS) is 12.9. The Morgan fingerprint density at radius 2 is 1.77 bits per heavy atom. The van der Waals surface area contributed by atoms with E-state index >= 15 is 0 Å². The molecule has 4 rings (SSSR count). The number of aliphatic hydroxyl groups is 1. The van der Waals surface area contributed by atoms with Crippen molar-refractivity contribution in [3.05, 3.63) is 84.1 Å². The van der Waals surface area contributed by atoms with Gasteiger partial charge in [-0.2, -0.15) is 0 Å². The van der Waals surface area contributed by atoms with Gasteiger partial charge in [-0.1, -0.05) is 42.5 Å². The third-order valence-electron chi connectivity index (χ3n) is 4.84. The highest BCUT2D eigenvalue weighted by atomic mass is 16.3. The summed E-state index contributed by atoms with van der Waals surface area (Å²) in [6, 6.07) is 18.7. The van der Waals surface area contributed by atoms with Gasteiger partial charge in [0.15, 0.2) is 11.7 Å². The second-order valence-electron chi connectivity index (χ2n) is 7.00. The molecule has 0 fully saturated rings. The van der Waals surface area contributed by atoms with E-state index in [4.69, 9.17) is 10.2 Å². The van der Waals surface area contributed by atoms with E-state index in [1.54, 1.807) is 24.3 Å². The predicted octanol–water partition coefficient (Wildman–Crippen LogP) is 2.08. The lowest BCUT2D eigenvalue weighted by Crippen LogP contribution is -2.50. The average Bonchev–Trinajstić information content (AvgIpc) is 3.23. The molecule has 4 aromatic rings. The Morgan fingerprint density at radius 1 is 1.03 bits per heavy atom. The lowest BCUT2D eigenvalue weighted by molar-refractivity contribution is -0.127. The zero-order chi connectivity index (χ0) is 21.8. The Balaban J connectivity index is 1.64. The van der Waals surface area contributed by atoms with Gasteiger partial charge in [-0.05, 0) is 36.2 Å². The number of aliphatic hydroxyl groups excluding tert-OH is 1. The second kappa shape index (κ2) is 8.76. The number of rotatable bonds is 7. The van der Waals surface area contributed by atoms with E-state index in [1.165, 1.54) is 6.20 Å². The number of hydrogen-bond donors (Lipinski definition) is 3. The Hall–Kier alpha value is -4.04. The van der Waals surface area contributed by atoms with Crippen molar-refractivity contribution in [1.82, 2.24) is 15.3 Å². The summed E-state index contributed by atoms with van der Waals surface area (Å²) >= 11 is 0. The zero-order valence-corrected chi connectivity index (χ0v) is 16.4. The van der Waals surface area contributed by atoms with Crippen molar-refractivity contribution in [3.8, 4) is 11.6 Å². The topological polar surface area (TPSA) is 131 Å². The fourth-order valence-corrected chi connectivity index (χ4v) is 3.29. The molecule has 0 bridgehead atoms. The summed E-state index contributed by atoms with van der Waals surface area (Å²) in [5, 5.41) is 13.0. The van der Waals surface area contributed by atoms with E-state index in [9.17, 15) is 14.7 Å². The van der Waals surface area contributed by atoms with Crippen molar-refractivity contribution in [1.29, 1.82) is 0 Å². The molecule has 2 aromatic heterocycles. The molecule has 0 aliphatic heterocycles. The van der Waals surface area contributed by atoms with E-state index < -0.39 is 24.0 Å². The smallest absolute Gasteiger partial charge is 0.254 e. The highest BCUT2D eigenvalue weighted by Crippen LogP contribution is 2.25. The number of amides is 2. The first-order valence-electron chi connectivity index (χ1n) is 9.66. The van der Waals surface area contributed by atoms with E-state index in [2.05, 4.69) is 15.3 Å². The molecule has 156 valence electrons. The first-order chi connectivity index (χ1) is 15.0. The van der Waals surface area contributed by atoms with Crippen LogP contribution in [0.3, 0.4) is 0 Å². The minimum atomic E-state index is -1.56. The van der Waals surface area contributed by atoms with Crippen LogP contribution in [0.1, 0.15) is 15.9 Å². The molecular weight excluding hydrogens is 396 g/mol. The molecule has 2 heterocycles. The van der Waals surface area contributed by atoms with Crippen LogP contribution >= 0.6 is 0 Å². The van der Waals surface area contributed by atoms with Gasteiger partial charge >= 0.3 is 0 Å². The number of benzene rings is 2. The van der Waals surface area contributed by atoms with Gasteiger partial charge in [0.2, 0.25) is 11.8 Å². The fourth-order valence-electron chi connectivity index (χ4n) is 3.29. The first kappa shape index (κ1) is 20.2. The van der Waals surface area contributed by atoms with Crippen LogP contribution in [0.25, 0.3) is 22.7 Å². The second-order valence-corrected chi connectivity index (χ2v) is 7.00. The number of nitrogens with zero attached hydrogens (tertiary/aromatic N) is 2. The molecule has 8 nitrogen and oxygen atoms in total. The van der Waals surface area contributed by atoms with Crippen molar-refractivity contribution in [3.63, 3.8) is 0 Å². The number of aromatic nitrogens is 2. The van der Waals surface area contributed by atoms with Gasteiger partial charge in [0.25, 0.3) is 5.91 Å². The number of pyridine rings is 1. The van der Waals surface area contributed by atoms with Crippen molar-refractivity contribution >= 4 is 22.9 Å². The molecule has 4 N–H and O–H groups in total. The molecule has 2 aromatic carbocycles. The Bertz CT molecular complexity index is 1190. The van der Waals surface area contributed by atoms with Crippen molar-refractivity contribution in [2.45, 2.75) is 18.6 Å². The highest BCUT2D eigenvalue weighted by Gasteiger charge is 2.28. The van der Waals surface area contributed by atoms with Crippen LogP contribution in [0.5, 0.6) is 0 Å². The van der Waals surface area contributed by atoms with Crippen LogP contribution < -0.4 is 11.1 Å². The van der Waals surface area contributed by atoms with Crippen LogP contribution in [-0.2, 0) is 11.2 Å². The molecule has 0 radical (unpaired) electrons. The van der Waals surface area contributed by atoms with Gasteiger partial charge < -0.3 is 20.6 Å². The van der Waals surface area contributed by atoms with Crippen LogP contribution in [0, 0.1) is 0 Å². The molecule has 2 amide bonds. The molecule has 0 aliphatic rings. The molecular formula is C23H20N4O4. The maximum atomic E-state index is 13.1. The molecule has 0 saturated carbocycles. The number of nitrogens with two attached hydrogens (primary N) is 1. The summed E-state index contributed by atoms with van der Waals surface area (Å²) in [7, 11) is 0. The van der Waals surface area contributed by atoms with Crippen LogP contribution in [0.2, 0.25) is 0 Å². The number of fused-ring (bicyclic) bond motifs is 1. The molecule has 8 heteroatoms. The van der Waals surface area contributed by atoms with Crippen LogP contribution in [0.15, 0.2) is 77.3 Å². The average molecular weight is 416 g/mol. The minimum absolute atomic E-state index is 0.196. The summed E-state index contributed by atoms with van der Waals surface area (Å²) < 4.78 is 5.75. The standard InChI is InChI=1S/C23H20N4O4/c24-21(29)20(28)17(13-14-7-2-1-3-8-14)26-22(30)15-9-6-12-25-19(15)23-27-16-10-4-5-11-18(16)31-23/h1-12,17,20,28H,13H2,(H2,24,29)(H,26,30). The molecule has 31 heavy (non-hydrogen) atoms. The Morgan fingerprint density at radius 3 is 2.52 bits per heavy atom. The third kappa shape index (κ3) is 4.44. The molecule has 2 unspecified atom stereocenters. The summed E-state index contributed by atoms with van der Waals surface area (Å²) in [5.74, 6) is -1.26. The summed E-state index contributed by atoms with van der Waals surface area (Å²) in [5.41, 5.74) is 7.78. The van der Waals surface area contributed by atoms with Gasteiger partial charge in [-0.25, -0.2) is 4.98 Å². The summed E-state index contributed by atoms with van der Waals surface area (Å²) in [6.07, 6.45) is 0.184. The van der Waals surface area contributed by atoms with E-state index in [-0.39, 0.29) is 23.6 Å². The highest BCUT2D eigenvalue weighted by molar-refractivity contribution is 6.00. The quantitative estimate of drug-likeness (QED) is 0.423. The van der Waals surface area contributed by atoms with Crippen molar-refractivity contribution < 1.29 is 19.1 Å². The Labute approximate surface area is 177 Å². The lowest BCUT2D eigenvalue weighted by atomic mass is 10.00. The number of nitrogens with one attached hydrogen (secondary N) is 1. The lowest BCUT2D eigenvalue weighted by Gasteiger charge is -2.22. The maximum absolute atomic E-state index is 13.1. The molecule has 2 atom stereocenters. The van der Waals surface area contributed by atoms with Gasteiger partial charge in [-0.15, -0.1) is 0 Å². The predicted molar refractivity (Wildman–Crippen MR) is 114 cm³/mol. The van der Waals surface area contributed by atoms with Crippen LogP contribution in [-0.4, -0.2) is 39.0 Å². The summed E-state index contributed by atoms with van der Waals surface area (Å²) in [6.45, 7) is 0. The third-order valence-corrected chi connectivity index (χ3v) is 4.84. The van der Waals surface area contributed by atoms with E-state index in [1.807, 2.05) is 42.5 Å². The number of carbonyl (C=O) groups excluding carboxylic acids is 2. The molecule has 0 aliphatic carbocycles. The largest absolute Gasteiger partial charge is 0.435 e. The number of primary amides is 1. The SMILES string of the molecule is NC(=O)C(O)C(Cc1ccccc1)NC(=O)c1cccnc1-c1nc2ccccc2o1. The zero-order valence-electron chi connectivity index (χ0n) is 16.4.